The Morgan fingerprint density at radius 1 is 1.08 bits per heavy atom. The summed E-state index contributed by atoms with van der Waals surface area (Å²) in [6.45, 7) is 2.74. The van der Waals surface area contributed by atoms with Gasteiger partial charge in [0.15, 0.2) is 0 Å². The van der Waals surface area contributed by atoms with Crippen molar-refractivity contribution < 1.29 is 19.2 Å². The fourth-order valence-electron chi connectivity index (χ4n) is 1.99. The number of hydrogen-bond acceptors (Lipinski definition) is 5. The van der Waals surface area contributed by atoms with Crippen molar-refractivity contribution in [1.29, 1.82) is 0 Å². The first kappa shape index (κ1) is 20.3. The second-order valence-electron chi connectivity index (χ2n) is 5.75. The minimum absolute atomic E-state index is 0.261. The molecule has 0 spiro atoms. The van der Waals surface area contributed by atoms with Gasteiger partial charge in [-0.05, 0) is 19.4 Å². The van der Waals surface area contributed by atoms with Crippen molar-refractivity contribution in [3.8, 4) is 0 Å². The number of benzene rings is 1. The Morgan fingerprint density at radius 2 is 1.72 bits per heavy atom. The third-order valence-electron chi connectivity index (χ3n) is 3.35. The number of hydrogen-bond donors (Lipinski definition) is 4. The van der Waals surface area contributed by atoms with Gasteiger partial charge in [0.05, 0.1) is 18.6 Å². The summed E-state index contributed by atoms with van der Waals surface area (Å²) in [5.74, 6) is -1.47. The number of amides is 3. The molecule has 0 bridgehead atoms. The molecule has 0 radical (unpaired) electrons. The summed E-state index contributed by atoms with van der Waals surface area (Å²) in [5.41, 5.74) is 6.38. The van der Waals surface area contributed by atoms with Crippen LogP contribution in [0.5, 0.6) is 0 Å². The van der Waals surface area contributed by atoms with E-state index in [1.807, 2.05) is 30.3 Å². The lowest BCUT2D eigenvalue weighted by atomic mass is 10.0. The second kappa shape index (κ2) is 10.2. The molecule has 25 heavy (non-hydrogen) atoms. The van der Waals surface area contributed by atoms with Gasteiger partial charge in [0.1, 0.15) is 12.3 Å². The summed E-state index contributed by atoms with van der Waals surface area (Å²) >= 11 is 0. The Hall–Kier alpha value is -2.74. The summed E-state index contributed by atoms with van der Waals surface area (Å²) in [4.78, 5) is 46.3. The van der Waals surface area contributed by atoms with Gasteiger partial charge in [0.2, 0.25) is 17.7 Å². The number of carbonyl (C=O) groups is 4. The maximum Gasteiger partial charge on any atom is 0.243 e. The second-order valence-corrected chi connectivity index (χ2v) is 5.75. The predicted molar refractivity (Wildman–Crippen MR) is 92.4 cm³/mol. The third kappa shape index (κ3) is 7.58. The molecule has 0 aliphatic carbocycles. The maximum absolute atomic E-state index is 12.3. The molecule has 8 nitrogen and oxygen atoms in total. The topological polar surface area (TPSA) is 130 Å². The molecule has 0 aliphatic heterocycles. The molecule has 0 heterocycles. The van der Waals surface area contributed by atoms with Gasteiger partial charge >= 0.3 is 0 Å². The largest absolute Gasteiger partial charge is 0.345 e. The van der Waals surface area contributed by atoms with Gasteiger partial charge in [-0.25, -0.2) is 0 Å². The van der Waals surface area contributed by atoms with Gasteiger partial charge in [-0.15, -0.1) is 0 Å². The Morgan fingerprint density at radius 3 is 2.28 bits per heavy atom. The zero-order chi connectivity index (χ0) is 18.8. The van der Waals surface area contributed by atoms with E-state index in [-0.39, 0.29) is 13.0 Å². The first-order valence-corrected chi connectivity index (χ1v) is 7.95. The number of carbonyl (C=O) groups excluding carboxylic acids is 4. The van der Waals surface area contributed by atoms with Gasteiger partial charge in [-0.1, -0.05) is 30.3 Å². The van der Waals surface area contributed by atoms with Crippen LogP contribution in [0.25, 0.3) is 0 Å². The van der Waals surface area contributed by atoms with E-state index in [0.717, 1.165) is 5.56 Å². The Kier molecular flexibility index (Phi) is 8.28. The summed E-state index contributed by atoms with van der Waals surface area (Å²) in [7, 11) is 0. The van der Waals surface area contributed by atoms with Crippen LogP contribution in [0.1, 0.15) is 19.4 Å². The SMILES string of the molecule is C[C@H](N)C(=O)N[C@@H](Cc1ccccc1)C(=O)NCC(=O)N[C@@H](C)C=O. The van der Waals surface area contributed by atoms with E-state index >= 15 is 0 Å². The van der Waals surface area contributed by atoms with E-state index in [4.69, 9.17) is 5.73 Å². The van der Waals surface area contributed by atoms with Crippen LogP contribution in [0.4, 0.5) is 0 Å². The van der Waals surface area contributed by atoms with Crippen LogP contribution in [0.2, 0.25) is 0 Å². The van der Waals surface area contributed by atoms with Gasteiger partial charge in [-0.3, -0.25) is 14.4 Å². The average molecular weight is 348 g/mol. The molecule has 1 aromatic rings. The molecular formula is C17H24N4O4. The van der Waals surface area contributed by atoms with E-state index in [9.17, 15) is 19.2 Å². The molecule has 0 aliphatic rings. The van der Waals surface area contributed by atoms with Gasteiger partial charge in [0, 0.05) is 6.42 Å². The summed E-state index contributed by atoms with van der Waals surface area (Å²) in [5, 5.41) is 7.43. The molecule has 0 fully saturated rings. The van der Waals surface area contributed by atoms with Crippen LogP contribution in [0.3, 0.4) is 0 Å². The Balaban J connectivity index is 2.70. The van der Waals surface area contributed by atoms with E-state index in [2.05, 4.69) is 16.0 Å². The quantitative estimate of drug-likeness (QED) is 0.420. The lowest BCUT2D eigenvalue weighted by Crippen LogP contribution is -2.53. The summed E-state index contributed by atoms with van der Waals surface area (Å²) in [6.07, 6.45) is 0.846. The molecule has 3 amide bonds. The molecular weight excluding hydrogens is 324 g/mol. The van der Waals surface area contributed by atoms with Crippen LogP contribution < -0.4 is 21.7 Å². The molecule has 136 valence electrons. The first-order chi connectivity index (χ1) is 11.8. The predicted octanol–water partition coefficient (Wildman–Crippen LogP) is -1.12. The van der Waals surface area contributed by atoms with Gasteiger partial charge < -0.3 is 26.5 Å². The lowest BCUT2D eigenvalue weighted by Gasteiger charge is -2.20. The standard InChI is InChI=1S/C17H24N4O4/c1-11(10-22)20-15(23)9-19-17(25)14(21-16(24)12(2)18)8-13-6-4-3-5-7-13/h3-7,10-12,14H,8-9,18H2,1-2H3,(H,19,25)(H,20,23)(H,21,24)/t11-,12-,14-/m0/s1. The molecule has 1 rings (SSSR count). The molecule has 8 heteroatoms. The van der Waals surface area contributed by atoms with E-state index in [0.29, 0.717) is 6.29 Å². The molecule has 5 N–H and O–H groups in total. The molecule has 0 saturated heterocycles. The number of aldehydes is 1. The highest BCUT2D eigenvalue weighted by Gasteiger charge is 2.23. The maximum atomic E-state index is 12.3. The van der Waals surface area contributed by atoms with Crippen molar-refractivity contribution >= 4 is 24.0 Å². The average Bonchev–Trinajstić information content (AvgIpc) is 2.59. The van der Waals surface area contributed by atoms with E-state index in [1.54, 1.807) is 0 Å². The minimum Gasteiger partial charge on any atom is -0.345 e. The van der Waals surface area contributed by atoms with Crippen LogP contribution in [-0.4, -0.2) is 48.7 Å². The zero-order valence-corrected chi connectivity index (χ0v) is 14.3. The third-order valence-corrected chi connectivity index (χ3v) is 3.35. The highest BCUT2D eigenvalue weighted by Crippen LogP contribution is 2.04. The monoisotopic (exact) mass is 348 g/mol. The fraction of sp³-hybridized carbons (Fsp3) is 0.412. The van der Waals surface area contributed by atoms with Crippen LogP contribution >= 0.6 is 0 Å². The van der Waals surface area contributed by atoms with Crippen molar-refractivity contribution in [3.63, 3.8) is 0 Å². The number of rotatable bonds is 9. The Labute approximate surface area is 146 Å². The van der Waals surface area contributed by atoms with Crippen molar-refractivity contribution in [2.45, 2.75) is 38.4 Å². The first-order valence-electron chi connectivity index (χ1n) is 7.95. The van der Waals surface area contributed by atoms with Crippen molar-refractivity contribution in [1.82, 2.24) is 16.0 Å². The van der Waals surface area contributed by atoms with Crippen molar-refractivity contribution in [2.24, 2.45) is 5.73 Å². The van der Waals surface area contributed by atoms with Crippen molar-refractivity contribution in [3.05, 3.63) is 35.9 Å². The zero-order valence-electron chi connectivity index (χ0n) is 14.3. The fourth-order valence-corrected chi connectivity index (χ4v) is 1.99. The molecule has 0 saturated carbocycles. The van der Waals surface area contributed by atoms with Gasteiger partial charge in [-0.2, -0.15) is 0 Å². The smallest absolute Gasteiger partial charge is 0.243 e. The molecule has 0 unspecified atom stereocenters. The van der Waals surface area contributed by atoms with Crippen LogP contribution in [0.15, 0.2) is 30.3 Å². The van der Waals surface area contributed by atoms with Crippen LogP contribution in [0, 0.1) is 0 Å². The van der Waals surface area contributed by atoms with Crippen LogP contribution in [-0.2, 0) is 25.6 Å². The summed E-state index contributed by atoms with van der Waals surface area (Å²) < 4.78 is 0. The lowest BCUT2D eigenvalue weighted by molar-refractivity contribution is -0.130. The number of nitrogens with one attached hydrogen (secondary N) is 3. The summed E-state index contributed by atoms with van der Waals surface area (Å²) in [6, 6.07) is 6.89. The van der Waals surface area contributed by atoms with E-state index < -0.39 is 35.8 Å². The highest BCUT2D eigenvalue weighted by molar-refractivity contribution is 5.92. The Bertz CT molecular complexity index is 604. The highest BCUT2D eigenvalue weighted by atomic mass is 16.2. The number of nitrogens with two attached hydrogens (primary N) is 1. The normalized spacial score (nSPS) is 13.9. The molecule has 0 aromatic heterocycles. The molecule has 3 atom stereocenters. The van der Waals surface area contributed by atoms with Gasteiger partial charge in [0.25, 0.3) is 0 Å². The van der Waals surface area contributed by atoms with Crippen molar-refractivity contribution in [2.75, 3.05) is 6.54 Å². The molecule has 1 aromatic carbocycles. The van der Waals surface area contributed by atoms with E-state index in [1.165, 1.54) is 13.8 Å². The minimum atomic E-state index is -0.864.